The number of thiocarbonyl (C=S) groups is 1. The molecule has 2 N–H and O–H groups in total. The summed E-state index contributed by atoms with van der Waals surface area (Å²) in [5.41, 5.74) is 3.83. The fourth-order valence-corrected chi connectivity index (χ4v) is 3.90. The number of nitrogens with one attached hydrogen (secondary N) is 2. The maximum atomic E-state index is 5.58. The number of aryl methyl sites for hydroxylation is 3. The molecule has 0 spiro atoms. The molecule has 1 aliphatic heterocycles. The molecule has 0 unspecified atom stereocenters. The molecular formula is C24H28N8S. The molecule has 1 saturated heterocycles. The zero-order valence-electron chi connectivity index (χ0n) is 19.1. The van der Waals surface area contributed by atoms with Crippen LogP contribution < -0.4 is 15.5 Å². The molecule has 0 saturated carbocycles. The van der Waals surface area contributed by atoms with Crippen molar-refractivity contribution >= 4 is 40.7 Å². The molecule has 3 heterocycles. The van der Waals surface area contributed by atoms with Gasteiger partial charge in [-0.1, -0.05) is 24.3 Å². The Hall–Kier alpha value is -3.59. The first-order chi connectivity index (χ1) is 16.0. The minimum Gasteiger partial charge on any atom is -0.353 e. The van der Waals surface area contributed by atoms with Crippen LogP contribution in [-0.4, -0.2) is 57.1 Å². The summed E-state index contributed by atoms with van der Waals surface area (Å²) in [7, 11) is 0. The average Bonchev–Trinajstić information content (AvgIpc) is 2.80. The predicted molar refractivity (Wildman–Crippen MR) is 138 cm³/mol. The Morgan fingerprint density at radius 1 is 0.909 bits per heavy atom. The molecule has 2 aromatic heterocycles. The molecule has 0 amide bonds. The minimum absolute atomic E-state index is 0.378. The summed E-state index contributed by atoms with van der Waals surface area (Å²) in [6, 6.07) is 15.9. The molecule has 0 atom stereocenters. The smallest absolute Gasteiger partial charge is 0.229 e. The summed E-state index contributed by atoms with van der Waals surface area (Å²) in [5, 5.41) is 6.93. The number of benzene rings is 1. The molecule has 0 aliphatic carbocycles. The van der Waals surface area contributed by atoms with Crippen LogP contribution in [0.4, 0.5) is 17.5 Å². The van der Waals surface area contributed by atoms with Crippen LogP contribution in [0.1, 0.15) is 17.0 Å². The number of aliphatic imine (C=N–C) groups is 1. The summed E-state index contributed by atoms with van der Waals surface area (Å²) in [5.74, 6) is 2.13. The fourth-order valence-electron chi connectivity index (χ4n) is 3.70. The van der Waals surface area contributed by atoms with Gasteiger partial charge in [-0.15, -0.1) is 0 Å². The number of nitrogens with zero attached hydrogens (tertiary/aromatic N) is 6. The van der Waals surface area contributed by atoms with Gasteiger partial charge in [-0.2, -0.15) is 4.99 Å². The summed E-state index contributed by atoms with van der Waals surface area (Å²) < 4.78 is 0. The van der Waals surface area contributed by atoms with Crippen LogP contribution in [-0.2, 0) is 0 Å². The Bertz CT molecular complexity index is 1120. The van der Waals surface area contributed by atoms with Crippen molar-refractivity contribution < 1.29 is 0 Å². The Balaban J connectivity index is 1.54. The molecule has 0 bridgehead atoms. The van der Waals surface area contributed by atoms with Gasteiger partial charge in [-0.25, -0.2) is 15.0 Å². The number of rotatable bonds is 3. The van der Waals surface area contributed by atoms with Crippen LogP contribution in [0.2, 0.25) is 0 Å². The maximum absolute atomic E-state index is 5.58. The number of para-hydroxylation sites is 1. The summed E-state index contributed by atoms with van der Waals surface area (Å²) in [4.78, 5) is 22.7. The van der Waals surface area contributed by atoms with Crippen LogP contribution in [0, 0.1) is 20.8 Å². The Morgan fingerprint density at radius 3 is 2.27 bits per heavy atom. The van der Waals surface area contributed by atoms with Gasteiger partial charge < -0.3 is 15.1 Å². The highest BCUT2D eigenvalue weighted by molar-refractivity contribution is 7.80. The second kappa shape index (κ2) is 10.4. The Kier molecular flexibility index (Phi) is 7.09. The van der Waals surface area contributed by atoms with E-state index in [4.69, 9.17) is 17.2 Å². The topological polar surface area (TPSA) is 81.6 Å². The standard InChI is InChI=1S/C24H28N8S/c1-17-8-4-5-9-20(17)28-24(33)30-23(29-22-26-18(2)16-19(3)27-22)32-14-12-31(13-15-32)21-10-6-7-11-25-21/h4-11,16H,12-15H2,1-3H3,(H2,26,27,28,29,30,33). The number of guanidine groups is 1. The Labute approximate surface area is 199 Å². The number of hydrogen-bond donors (Lipinski definition) is 2. The second-order valence-electron chi connectivity index (χ2n) is 7.94. The van der Waals surface area contributed by atoms with Gasteiger partial charge in [-0.3, -0.25) is 5.32 Å². The summed E-state index contributed by atoms with van der Waals surface area (Å²) in [6.45, 7) is 9.11. The molecule has 1 aromatic carbocycles. The van der Waals surface area contributed by atoms with Crippen molar-refractivity contribution in [1.29, 1.82) is 0 Å². The molecule has 33 heavy (non-hydrogen) atoms. The van der Waals surface area contributed by atoms with Gasteiger partial charge in [0.15, 0.2) is 0 Å². The first-order valence-corrected chi connectivity index (χ1v) is 11.3. The Morgan fingerprint density at radius 2 is 1.61 bits per heavy atom. The molecule has 9 heteroatoms. The van der Waals surface area contributed by atoms with E-state index in [9.17, 15) is 0 Å². The van der Waals surface area contributed by atoms with Gasteiger partial charge >= 0.3 is 0 Å². The van der Waals surface area contributed by atoms with Crippen molar-refractivity contribution in [3.8, 4) is 0 Å². The lowest BCUT2D eigenvalue weighted by Crippen LogP contribution is -2.51. The first-order valence-electron chi connectivity index (χ1n) is 10.9. The molecule has 1 aliphatic rings. The number of anilines is 3. The molecule has 0 radical (unpaired) electrons. The van der Waals surface area contributed by atoms with Crippen molar-refractivity contribution in [2.75, 3.05) is 41.7 Å². The zero-order chi connectivity index (χ0) is 23.2. The molecule has 170 valence electrons. The van der Waals surface area contributed by atoms with Crippen LogP contribution in [0.3, 0.4) is 0 Å². The van der Waals surface area contributed by atoms with E-state index in [1.54, 1.807) is 0 Å². The van der Waals surface area contributed by atoms with E-state index in [2.05, 4.69) is 35.4 Å². The lowest BCUT2D eigenvalue weighted by molar-refractivity contribution is 0.384. The van der Waals surface area contributed by atoms with E-state index in [0.29, 0.717) is 17.0 Å². The van der Waals surface area contributed by atoms with Crippen molar-refractivity contribution in [2.45, 2.75) is 20.8 Å². The normalized spacial score (nSPS) is 14.2. The van der Waals surface area contributed by atoms with E-state index in [1.807, 2.05) is 75.5 Å². The lowest BCUT2D eigenvalue weighted by atomic mass is 10.2. The van der Waals surface area contributed by atoms with Gasteiger partial charge in [0.2, 0.25) is 17.0 Å². The maximum Gasteiger partial charge on any atom is 0.229 e. The van der Waals surface area contributed by atoms with Gasteiger partial charge in [0, 0.05) is 49.5 Å². The quantitative estimate of drug-likeness (QED) is 0.347. The highest BCUT2D eigenvalue weighted by Gasteiger charge is 2.22. The number of piperazine rings is 1. The van der Waals surface area contributed by atoms with Crippen molar-refractivity contribution in [2.24, 2.45) is 4.99 Å². The third-order valence-corrected chi connectivity index (χ3v) is 5.55. The molecule has 8 nitrogen and oxygen atoms in total. The fraction of sp³-hybridized carbons (Fsp3) is 0.292. The minimum atomic E-state index is 0.378. The molecule has 1 fully saturated rings. The van der Waals surface area contributed by atoms with Gasteiger partial charge in [0.1, 0.15) is 5.82 Å². The van der Waals surface area contributed by atoms with E-state index in [-0.39, 0.29) is 0 Å². The average molecular weight is 461 g/mol. The number of aromatic nitrogens is 3. The summed E-state index contributed by atoms with van der Waals surface area (Å²) in [6.07, 6.45) is 1.82. The lowest BCUT2D eigenvalue weighted by Gasteiger charge is -2.36. The first kappa shape index (κ1) is 22.6. The molecular weight excluding hydrogens is 432 g/mol. The van der Waals surface area contributed by atoms with E-state index in [0.717, 1.165) is 54.6 Å². The monoisotopic (exact) mass is 460 g/mol. The van der Waals surface area contributed by atoms with Crippen LogP contribution in [0.5, 0.6) is 0 Å². The summed E-state index contributed by atoms with van der Waals surface area (Å²) >= 11 is 5.58. The third kappa shape index (κ3) is 6.01. The van der Waals surface area contributed by atoms with Crippen LogP contribution in [0.15, 0.2) is 59.7 Å². The van der Waals surface area contributed by atoms with Crippen molar-refractivity contribution in [1.82, 2.24) is 19.9 Å². The SMILES string of the molecule is Cc1cc(C)nc(N/C(=N/C(=S)Nc2ccccc2C)N2CCN(c3ccccn3)CC2)n1. The third-order valence-electron chi connectivity index (χ3n) is 5.35. The van der Waals surface area contributed by atoms with Crippen LogP contribution >= 0.6 is 12.2 Å². The number of hydrogen-bond acceptors (Lipinski definition) is 5. The van der Waals surface area contributed by atoms with Gasteiger partial charge in [-0.05, 0) is 62.8 Å². The highest BCUT2D eigenvalue weighted by Crippen LogP contribution is 2.16. The van der Waals surface area contributed by atoms with E-state index < -0.39 is 0 Å². The van der Waals surface area contributed by atoms with Gasteiger partial charge in [0.05, 0.1) is 0 Å². The van der Waals surface area contributed by atoms with Gasteiger partial charge in [0.25, 0.3) is 0 Å². The zero-order valence-corrected chi connectivity index (χ0v) is 19.9. The molecule has 4 rings (SSSR count). The van der Waals surface area contributed by atoms with Crippen LogP contribution in [0.25, 0.3) is 0 Å². The number of pyridine rings is 1. The second-order valence-corrected chi connectivity index (χ2v) is 8.33. The predicted octanol–water partition coefficient (Wildman–Crippen LogP) is 3.78. The van der Waals surface area contributed by atoms with E-state index >= 15 is 0 Å². The largest absolute Gasteiger partial charge is 0.353 e. The highest BCUT2D eigenvalue weighted by atomic mass is 32.1. The molecule has 3 aromatic rings. The van der Waals surface area contributed by atoms with Crippen molar-refractivity contribution in [3.63, 3.8) is 0 Å². The van der Waals surface area contributed by atoms with E-state index in [1.165, 1.54) is 0 Å². The van der Waals surface area contributed by atoms with Crippen molar-refractivity contribution in [3.05, 3.63) is 71.7 Å².